The van der Waals surface area contributed by atoms with E-state index in [1.165, 1.54) is 22.6 Å². The molecule has 0 aliphatic heterocycles. The Morgan fingerprint density at radius 3 is 2.55 bits per heavy atom. The average Bonchev–Trinajstić information content (AvgIpc) is 3.10. The van der Waals surface area contributed by atoms with Crippen molar-refractivity contribution in [2.45, 2.75) is 20.0 Å². The largest absolute Gasteiger partial charge is 0.295 e. The van der Waals surface area contributed by atoms with E-state index in [1.54, 1.807) is 34.8 Å². The van der Waals surface area contributed by atoms with Gasteiger partial charge in [-0.2, -0.15) is 0 Å². The highest BCUT2D eigenvalue weighted by atomic mass is 32.1. The minimum absolute atomic E-state index is 0.216. The standard InChI is InChI=1S/C17H17FN2S2/c1-12-7-8-21-16(12)10-20(2)9-15-11-22-17(19-15)13-3-5-14(18)6-4-13/h3-8,11H,9-10H2,1-2H3. The number of halogens is 1. The lowest BCUT2D eigenvalue weighted by atomic mass is 10.2. The molecule has 0 unspecified atom stereocenters. The molecular formula is C17H17FN2S2. The monoisotopic (exact) mass is 332 g/mol. The van der Waals surface area contributed by atoms with Crippen LogP contribution in [0, 0.1) is 12.7 Å². The van der Waals surface area contributed by atoms with Gasteiger partial charge in [0.2, 0.25) is 0 Å². The summed E-state index contributed by atoms with van der Waals surface area (Å²) in [4.78, 5) is 8.33. The van der Waals surface area contributed by atoms with Crippen molar-refractivity contribution in [3.8, 4) is 10.6 Å². The van der Waals surface area contributed by atoms with Crippen LogP contribution in [-0.2, 0) is 13.1 Å². The summed E-state index contributed by atoms with van der Waals surface area (Å²) in [6.45, 7) is 3.90. The molecule has 0 saturated heterocycles. The first-order chi connectivity index (χ1) is 10.6. The van der Waals surface area contributed by atoms with Gasteiger partial charge in [0.1, 0.15) is 10.8 Å². The van der Waals surface area contributed by atoms with Crippen molar-refractivity contribution >= 4 is 22.7 Å². The zero-order chi connectivity index (χ0) is 15.5. The molecule has 22 heavy (non-hydrogen) atoms. The van der Waals surface area contributed by atoms with Crippen LogP contribution in [0.2, 0.25) is 0 Å². The highest BCUT2D eigenvalue weighted by molar-refractivity contribution is 7.13. The molecule has 2 nitrogen and oxygen atoms in total. The molecule has 3 rings (SSSR count). The molecule has 0 aliphatic carbocycles. The summed E-state index contributed by atoms with van der Waals surface area (Å²) in [5.41, 5.74) is 3.37. The topological polar surface area (TPSA) is 16.1 Å². The van der Waals surface area contributed by atoms with Crippen LogP contribution < -0.4 is 0 Å². The fourth-order valence-electron chi connectivity index (χ4n) is 2.25. The van der Waals surface area contributed by atoms with E-state index in [2.05, 4.69) is 40.7 Å². The molecule has 2 heterocycles. The molecule has 3 aromatic rings. The molecule has 0 fully saturated rings. The molecule has 2 aromatic heterocycles. The molecule has 0 amide bonds. The van der Waals surface area contributed by atoms with E-state index in [4.69, 9.17) is 0 Å². The Morgan fingerprint density at radius 2 is 1.86 bits per heavy atom. The van der Waals surface area contributed by atoms with Crippen LogP contribution in [0.3, 0.4) is 0 Å². The Morgan fingerprint density at radius 1 is 1.09 bits per heavy atom. The summed E-state index contributed by atoms with van der Waals surface area (Å²) >= 11 is 3.40. The minimum atomic E-state index is -0.216. The number of rotatable bonds is 5. The Hall–Kier alpha value is -1.56. The van der Waals surface area contributed by atoms with Gasteiger partial charge in [0.15, 0.2) is 0 Å². The summed E-state index contributed by atoms with van der Waals surface area (Å²) in [6, 6.07) is 8.65. The lowest BCUT2D eigenvalue weighted by molar-refractivity contribution is 0.318. The number of benzene rings is 1. The third kappa shape index (κ3) is 3.61. The number of thiazole rings is 1. The predicted octanol–water partition coefficient (Wildman–Crippen LogP) is 4.95. The van der Waals surface area contributed by atoms with Crippen molar-refractivity contribution in [2.75, 3.05) is 7.05 Å². The molecule has 0 aliphatic rings. The van der Waals surface area contributed by atoms with Crippen molar-refractivity contribution in [1.82, 2.24) is 9.88 Å². The molecular weight excluding hydrogens is 315 g/mol. The van der Waals surface area contributed by atoms with Crippen molar-refractivity contribution in [1.29, 1.82) is 0 Å². The second-order valence-electron chi connectivity index (χ2n) is 5.35. The highest BCUT2D eigenvalue weighted by Gasteiger charge is 2.09. The lowest BCUT2D eigenvalue weighted by Crippen LogP contribution is -2.17. The summed E-state index contributed by atoms with van der Waals surface area (Å²) in [6.07, 6.45) is 0. The van der Waals surface area contributed by atoms with E-state index in [0.717, 1.165) is 29.4 Å². The third-order valence-corrected chi connectivity index (χ3v) is 5.40. The Kier molecular flexibility index (Phi) is 4.66. The van der Waals surface area contributed by atoms with Crippen molar-refractivity contribution in [2.24, 2.45) is 0 Å². The summed E-state index contributed by atoms with van der Waals surface area (Å²) < 4.78 is 13.0. The second-order valence-corrected chi connectivity index (χ2v) is 7.21. The summed E-state index contributed by atoms with van der Waals surface area (Å²) in [5.74, 6) is -0.216. The van der Waals surface area contributed by atoms with Crippen LogP contribution in [0.25, 0.3) is 10.6 Å². The van der Waals surface area contributed by atoms with E-state index in [-0.39, 0.29) is 5.82 Å². The van der Waals surface area contributed by atoms with Gasteiger partial charge in [0.25, 0.3) is 0 Å². The van der Waals surface area contributed by atoms with Crippen LogP contribution in [0.5, 0.6) is 0 Å². The molecule has 1 aromatic carbocycles. The Labute approximate surface area is 137 Å². The number of hydrogen-bond donors (Lipinski definition) is 0. The van der Waals surface area contributed by atoms with Crippen LogP contribution >= 0.6 is 22.7 Å². The average molecular weight is 332 g/mol. The zero-order valence-corrected chi connectivity index (χ0v) is 14.2. The van der Waals surface area contributed by atoms with Crippen LogP contribution in [-0.4, -0.2) is 16.9 Å². The van der Waals surface area contributed by atoms with Crippen molar-refractivity contribution in [3.63, 3.8) is 0 Å². The van der Waals surface area contributed by atoms with Crippen LogP contribution in [0.4, 0.5) is 4.39 Å². The Bertz CT molecular complexity index is 746. The molecule has 0 atom stereocenters. The predicted molar refractivity (Wildman–Crippen MR) is 91.7 cm³/mol. The van der Waals surface area contributed by atoms with Gasteiger partial charge >= 0.3 is 0 Å². The highest BCUT2D eigenvalue weighted by Crippen LogP contribution is 2.25. The quantitative estimate of drug-likeness (QED) is 0.657. The van der Waals surface area contributed by atoms with Gasteiger partial charge in [-0.15, -0.1) is 22.7 Å². The van der Waals surface area contributed by atoms with E-state index < -0.39 is 0 Å². The zero-order valence-electron chi connectivity index (χ0n) is 12.5. The number of aryl methyl sites for hydroxylation is 1. The molecule has 0 saturated carbocycles. The van der Waals surface area contributed by atoms with Gasteiger partial charge in [-0.25, -0.2) is 9.37 Å². The smallest absolute Gasteiger partial charge is 0.123 e. The van der Waals surface area contributed by atoms with Crippen molar-refractivity contribution < 1.29 is 4.39 Å². The number of thiophene rings is 1. The molecule has 0 N–H and O–H groups in total. The van der Waals surface area contributed by atoms with Crippen LogP contribution in [0.15, 0.2) is 41.1 Å². The van der Waals surface area contributed by atoms with Crippen molar-refractivity contribution in [3.05, 3.63) is 63.0 Å². The second kappa shape index (κ2) is 6.69. The molecule has 114 valence electrons. The van der Waals surface area contributed by atoms with Gasteiger partial charge in [0, 0.05) is 28.9 Å². The SMILES string of the molecule is Cc1ccsc1CN(C)Cc1csc(-c2ccc(F)cc2)n1. The fraction of sp³-hybridized carbons (Fsp3) is 0.235. The minimum Gasteiger partial charge on any atom is -0.295 e. The maximum atomic E-state index is 13.0. The first-order valence-corrected chi connectivity index (χ1v) is 8.79. The first-order valence-electron chi connectivity index (χ1n) is 7.03. The number of hydrogen-bond acceptors (Lipinski definition) is 4. The number of aromatic nitrogens is 1. The summed E-state index contributed by atoms with van der Waals surface area (Å²) in [5, 5.41) is 5.15. The normalized spacial score (nSPS) is 11.3. The van der Waals surface area contributed by atoms with E-state index in [1.807, 2.05) is 0 Å². The molecule has 0 spiro atoms. The van der Waals surface area contributed by atoms with Gasteiger partial charge in [-0.3, -0.25) is 4.90 Å². The van der Waals surface area contributed by atoms with Crippen LogP contribution in [0.1, 0.15) is 16.1 Å². The Balaban J connectivity index is 1.66. The maximum absolute atomic E-state index is 13.0. The van der Waals surface area contributed by atoms with Gasteiger partial charge in [-0.1, -0.05) is 0 Å². The lowest BCUT2D eigenvalue weighted by Gasteiger charge is -2.14. The van der Waals surface area contributed by atoms with E-state index >= 15 is 0 Å². The molecule has 0 radical (unpaired) electrons. The first kappa shape index (κ1) is 15.3. The number of nitrogens with zero attached hydrogens (tertiary/aromatic N) is 2. The third-order valence-electron chi connectivity index (χ3n) is 3.46. The van der Waals surface area contributed by atoms with Gasteiger partial charge in [0.05, 0.1) is 5.69 Å². The van der Waals surface area contributed by atoms with E-state index in [0.29, 0.717) is 0 Å². The molecule has 5 heteroatoms. The summed E-state index contributed by atoms with van der Waals surface area (Å²) in [7, 11) is 2.11. The fourth-order valence-corrected chi connectivity index (χ4v) is 4.05. The van der Waals surface area contributed by atoms with Gasteiger partial charge in [-0.05, 0) is 55.2 Å². The maximum Gasteiger partial charge on any atom is 0.123 e. The van der Waals surface area contributed by atoms with E-state index in [9.17, 15) is 4.39 Å². The molecule has 0 bridgehead atoms. The van der Waals surface area contributed by atoms with Gasteiger partial charge < -0.3 is 0 Å².